The zero-order valence-electron chi connectivity index (χ0n) is 11.7. The van der Waals surface area contributed by atoms with Gasteiger partial charge in [0.25, 0.3) is 0 Å². The molecule has 0 amide bonds. The normalized spacial score (nSPS) is 20.8. The van der Waals surface area contributed by atoms with Crippen molar-refractivity contribution >= 4 is 0 Å². The molecule has 1 heterocycles. The summed E-state index contributed by atoms with van der Waals surface area (Å²) in [5.74, 6) is 1.72. The van der Waals surface area contributed by atoms with Crippen LogP contribution in [-0.2, 0) is 13.0 Å². The Kier molecular flexibility index (Phi) is 4.79. The van der Waals surface area contributed by atoms with Gasteiger partial charge in [0, 0.05) is 19.6 Å². The molecule has 0 radical (unpaired) electrons. The summed E-state index contributed by atoms with van der Waals surface area (Å²) in [6, 6.07) is 8.57. The van der Waals surface area contributed by atoms with Gasteiger partial charge < -0.3 is 10.6 Å². The average molecular weight is 246 g/mol. The Bertz CT molecular complexity index is 373. The Balaban J connectivity index is 1.85. The maximum Gasteiger partial charge on any atom is 0.0180 e. The second-order valence-electron chi connectivity index (χ2n) is 5.82. The molecule has 2 nitrogen and oxygen atoms in total. The number of benzene rings is 1. The zero-order chi connectivity index (χ0) is 13.0. The van der Waals surface area contributed by atoms with Crippen molar-refractivity contribution in [2.24, 2.45) is 17.6 Å². The molecule has 1 aromatic carbocycles. The largest absolute Gasteiger partial charge is 0.326 e. The van der Waals surface area contributed by atoms with Crippen LogP contribution in [0.25, 0.3) is 0 Å². The van der Waals surface area contributed by atoms with Gasteiger partial charge in [-0.3, -0.25) is 0 Å². The predicted octanol–water partition coefficient (Wildman–Crippen LogP) is 2.67. The van der Waals surface area contributed by atoms with Gasteiger partial charge in [-0.05, 0) is 42.3 Å². The molecular formula is C16H26N2. The number of hydrogen-bond acceptors (Lipinski definition) is 2. The first kappa shape index (κ1) is 13.6. The van der Waals surface area contributed by atoms with Crippen molar-refractivity contribution in [3.63, 3.8) is 0 Å². The maximum absolute atomic E-state index is 5.78. The number of likely N-dealkylation sites (tertiary alicyclic amines) is 1. The summed E-state index contributed by atoms with van der Waals surface area (Å²) < 4.78 is 0. The molecule has 0 aromatic heterocycles. The molecule has 2 heteroatoms. The van der Waals surface area contributed by atoms with Crippen LogP contribution < -0.4 is 5.73 Å². The number of hydrogen-bond donors (Lipinski definition) is 1. The molecule has 1 aliphatic heterocycles. The lowest BCUT2D eigenvalue weighted by atomic mass is 9.95. The fourth-order valence-electron chi connectivity index (χ4n) is 2.89. The van der Waals surface area contributed by atoms with E-state index in [1.165, 1.54) is 37.2 Å². The van der Waals surface area contributed by atoms with Gasteiger partial charge in [0.1, 0.15) is 0 Å². The third kappa shape index (κ3) is 3.33. The number of rotatable bonds is 5. The van der Waals surface area contributed by atoms with Crippen LogP contribution in [-0.4, -0.2) is 24.5 Å². The van der Waals surface area contributed by atoms with Crippen molar-refractivity contribution < 1.29 is 0 Å². The highest BCUT2D eigenvalue weighted by molar-refractivity contribution is 5.27. The van der Waals surface area contributed by atoms with Gasteiger partial charge in [-0.1, -0.05) is 38.1 Å². The highest BCUT2D eigenvalue weighted by atomic mass is 15.1. The molecule has 1 unspecified atom stereocenters. The standard InChI is InChI=1S/C16H26N2/c1-13(2)16-8-10-18(12-16)9-7-14-5-3-4-6-15(14)11-17/h3-6,13,16H,7-12,17H2,1-2H3. The van der Waals surface area contributed by atoms with Crippen LogP contribution in [0.15, 0.2) is 24.3 Å². The molecule has 1 fully saturated rings. The summed E-state index contributed by atoms with van der Waals surface area (Å²) in [5, 5.41) is 0. The summed E-state index contributed by atoms with van der Waals surface area (Å²) in [5.41, 5.74) is 8.51. The Labute approximate surface area is 111 Å². The van der Waals surface area contributed by atoms with Gasteiger partial charge in [-0.2, -0.15) is 0 Å². The summed E-state index contributed by atoms with van der Waals surface area (Å²) >= 11 is 0. The van der Waals surface area contributed by atoms with Crippen molar-refractivity contribution in [3.8, 4) is 0 Å². The Morgan fingerprint density at radius 2 is 2.00 bits per heavy atom. The van der Waals surface area contributed by atoms with Gasteiger partial charge in [0.15, 0.2) is 0 Å². The van der Waals surface area contributed by atoms with E-state index in [9.17, 15) is 0 Å². The minimum Gasteiger partial charge on any atom is -0.326 e. The first-order valence-electron chi connectivity index (χ1n) is 7.20. The molecule has 1 saturated heterocycles. The second kappa shape index (κ2) is 6.35. The van der Waals surface area contributed by atoms with E-state index < -0.39 is 0 Å². The summed E-state index contributed by atoms with van der Waals surface area (Å²) in [4.78, 5) is 2.61. The number of nitrogens with two attached hydrogens (primary N) is 1. The fraction of sp³-hybridized carbons (Fsp3) is 0.625. The molecular weight excluding hydrogens is 220 g/mol. The van der Waals surface area contributed by atoms with Gasteiger partial charge in [0.05, 0.1) is 0 Å². The first-order chi connectivity index (χ1) is 8.70. The van der Waals surface area contributed by atoms with E-state index in [1.807, 2.05) is 0 Å². The van der Waals surface area contributed by atoms with E-state index in [-0.39, 0.29) is 0 Å². The minimum absolute atomic E-state index is 0.658. The Morgan fingerprint density at radius 1 is 1.28 bits per heavy atom. The lowest BCUT2D eigenvalue weighted by Crippen LogP contribution is -2.24. The topological polar surface area (TPSA) is 29.3 Å². The molecule has 1 aliphatic rings. The predicted molar refractivity (Wildman–Crippen MR) is 77.4 cm³/mol. The molecule has 2 rings (SSSR count). The zero-order valence-corrected chi connectivity index (χ0v) is 11.7. The molecule has 100 valence electrons. The van der Waals surface area contributed by atoms with Crippen LogP contribution in [0.1, 0.15) is 31.4 Å². The molecule has 0 spiro atoms. The van der Waals surface area contributed by atoms with Crippen LogP contribution in [0, 0.1) is 11.8 Å². The molecule has 0 saturated carbocycles. The van der Waals surface area contributed by atoms with Crippen molar-refractivity contribution in [1.82, 2.24) is 4.90 Å². The summed E-state index contributed by atoms with van der Waals surface area (Å²) in [6.45, 7) is 9.08. The van der Waals surface area contributed by atoms with Gasteiger partial charge in [0.2, 0.25) is 0 Å². The molecule has 1 atom stereocenters. The lowest BCUT2D eigenvalue weighted by Gasteiger charge is -2.18. The van der Waals surface area contributed by atoms with Crippen molar-refractivity contribution in [2.75, 3.05) is 19.6 Å². The highest BCUT2D eigenvalue weighted by Crippen LogP contribution is 2.23. The monoisotopic (exact) mass is 246 g/mol. The third-order valence-electron chi connectivity index (χ3n) is 4.29. The van der Waals surface area contributed by atoms with E-state index in [0.29, 0.717) is 6.54 Å². The Hall–Kier alpha value is -0.860. The van der Waals surface area contributed by atoms with Gasteiger partial charge in [-0.25, -0.2) is 0 Å². The first-order valence-corrected chi connectivity index (χ1v) is 7.20. The lowest BCUT2D eigenvalue weighted by molar-refractivity contribution is 0.306. The van der Waals surface area contributed by atoms with E-state index >= 15 is 0 Å². The maximum atomic E-state index is 5.78. The molecule has 18 heavy (non-hydrogen) atoms. The van der Waals surface area contributed by atoms with Crippen LogP contribution in [0.2, 0.25) is 0 Å². The van der Waals surface area contributed by atoms with E-state index in [4.69, 9.17) is 5.73 Å². The Morgan fingerprint density at radius 3 is 2.61 bits per heavy atom. The second-order valence-corrected chi connectivity index (χ2v) is 5.82. The SMILES string of the molecule is CC(C)C1CCN(CCc2ccccc2CN)C1. The minimum atomic E-state index is 0.658. The molecule has 0 aliphatic carbocycles. The quantitative estimate of drug-likeness (QED) is 0.865. The highest BCUT2D eigenvalue weighted by Gasteiger charge is 2.24. The molecule has 2 N–H and O–H groups in total. The third-order valence-corrected chi connectivity index (χ3v) is 4.29. The van der Waals surface area contributed by atoms with E-state index in [2.05, 4.69) is 43.0 Å². The molecule has 1 aromatic rings. The fourth-order valence-corrected chi connectivity index (χ4v) is 2.89. The summed E-state index contributed by atoms with van der Waals surface area (Å²) in [6.07, 6.45) is 2.51. The van der Waals surface area contributed by atoms with Crippen molar-refractivity contribution in [2.45, 2.75) is 33.2 Å². The van der Waals surface area contributed by atoms with Crippen LogP contribution in [0.3, 0.4) is 0 Å². The van der Waals surface area contributed by atoms with Gasteiger partial charge in [-0.15, -0.1) is 0 Å². The van der Waals surface area contributed by atoms with Crippen molar-refractivity contribution in [3.05, 3.63) is 35.4 Å². The van der Waals surface area contributed by atoms with Crippen LogP contribution in [0.4, 0.5) is 0 Å². The van der Waals surface area contributed by atoms with E-state index in [1.54, 1.807) is 0 Å². The van der Waals surface area contributed by atoms with Crippen molar-refractivity contribution in [1.29, 1.82) is 0 Å². The van der Waals surface area contributed by atoms with Gasteiger partial charge >= 0.3 is 0 Å². The van der Waals surface area contributed by atoms with E-state index in [0.717, 1.165) is 18.3 Å². The number of nitrogens with zero attached hydrogens (tertiary/aromatic N) is 1. The summed E-state index contributed by atoms with van der Waals surface area (Å²) in [7, 11) is 0. The average Bonchev–Trinajstić information content (AvgIpc) is 2.85. The molecule has 0 bridgehead atoms. The van der Waals surface area contributed by atoms with Crippen LogP contribution in [0.5, 0.6) is 0 Å². The van der Waals surface area contributed by atoms with Crippen LogP contribution >= 0.6 is 0 Å². The smallest absolute Gasteiger partial charge is 0.0180 e.